The summed E-state index contributed by atoms with van der Waals surface area (Å²) in [5.74, 6) is 1.75. The number of fused-ring (bicyclic) bond motifs is 2. The van der Waals surface area contributed by atoms with Crippen LogP contribution in [0.4, 0.5) is 0 Å². The van der Waals surface area contributed by atoms with Crippen molar-refractivity contribution in [3.05, 3.63) is 98.9 Å². The fraction of sp³-hybridized carbons (Fsp3) is 0.148. The Morgan fingerprint density at radius 3 is 2.29 bits per heavy atom. The molecule has 0 aliphatic carbocycles. The van der Waals surface area contributed by atoms with Crippen LogP contribution in [0, 0.1) is 0 Å². The number of nitrogens with zero attached hydrogens (tertiary/aromatic N) is 2. The number of ether oxygens (including phenoxy) is 2. The first-order valence-corrected chi connectivity index (χ1v) is 10.8. The first-order valence-electron chi connectivity index (χ1n) is 10.8. The van der Waals surface area contributed by atoms with Crippen molar-refractivity contribution in [1.82, 2.24) is 9.55 Å². The summed E-state index contributed by atoms with van der Waals surface area (Å²) >= 11 is 0. The lowest BCUT2D eigenvalue weighted by Gasteiger charge is -2.14. The van der Waals surface area contributed by atoms with Crippen molar-refractivity contribution in [3.8, 4) is 22.9 Å². The van der Waals surface area contributed by atoms with Gasteiger partial charge in [0.05, 0.1) is 19.6 Å². The van der Waals surface area contributed by atoms with E-state index in [0.717, 1.165) is 16.9 Å². The third kappa shape index (κ3) is 3.81. The highest BCUT2D eigenvalue weighted by molar-refractivity contribution is 5.89. The molecule has 0 spiro atoms. The molecule has 0 amide bonds. The maximum Gasteiger partial charge on any atom is 0.269 e. The van der Waals surface area contributed by atoms with Crippen LogP contribution in [0.1, 0.15) is 5.56 Å². The summed E-state index contributed by atoms with van der Waals surface area (Å²) in [6.45, 7) is 0.346. The molecule has 34 heavy (non-hydrogen) atoms. The molecule has 2 heterocycles. The molecule has 3 aromatic carbocycles. The summed E-state index contributed by atoms with van der Waals surface area (Å²) in [6.07, 6.45) is 0.576. The van der Waals surface area contributed by atoms with Crippen molar-refractivity contribution < 1.29 is 13.9 Å². The number of methoxy groups -OCH3 is 2. The second kappa shape index (κ2) is 8.86. The third-order valence-electron chi connectivity index (χ3n) is 5.82. The second-order valence-electron chi connectivity index (χ2n) is 7.83. The molecule has 0 radical (unpaired) electrons. The van der Waals surface area contributed by atoms with Crippen LogP contribution in [0.25, 0.3) is 33.5 Å². The van der Waals surface area contributed by atoms with Gasteiger partial charge in [-0.15, -0.1) is 0 Å². The molecular weight excluding hydrogens is 432 g/mol. The molecule has 170 valence electrons. The van der Waals surface area contributed by atoms with Crippen LogP contribution in [0.5, 0.6) is 11.5 Å². The number of hydrogen-bond acceptors (Lipinski definition) is 6. The average molecular weight is 454 g/mol. The highest BCUT2D eigenvalue weighted by Gasteiger charge is 2.19. The molecular formula is C27H22N2O5. The van der Waals surface area contributed by atoms with E-state index < -0.39 is 11.0 Å². The standard InChI is InChI=1S/C27H22N2O5/c1-32-19-10-8-17(9-11-19)14-15-29-25(18-6-4-3-5-7-18)28-26-23(27(29)31)24(30)21-13-12-20(33-2)16-22(21)34-26/h3-13,16H,14-15H2,1-2H3. The quantitative estimate of drug-likeness (QED) is 0.353. The Kier molecular flexibility index (Phi) is 5.59. The van der Waals surface area contributed by atoms with Crippen LogP contribution in [0.2, 0.25) is 0 Å². The van der Waals surface area contributed by atoms with Gasteiger partial charge in [0.15, 0.2) is 5.39 Å². The molecule has 0 saturated heterocycles. The Bertz CT molecular complexity index is 1600. The van der Waals surface area contributed by atoms with Gasteiger partial charge in [0.2, 0.25) is 11.1 Å². The van der Waals surface area contributed by atoms with Gasteiger partial charge in [-0.2, -0.15) is 4.98 Å². The number of rotatable bonds is 6. The van der Waals surface area contributed by atoms with Crippen LogP contribution in [0.15, 0.2) is 86.8 Å². The van der Waals surface area contributed by atoms with E-state index in [1.54, 1.807) is 29.9 Å². The van der Waals surface area contributed by atoms with Gasteiger partial charge >= 0.3 is 0 Å². The fourth-order valence-corrected chi connectivity index (χ4v) is 3.99. The van der Waals surface area contributed by atoms with Crippen LogP contribution in [-0.4, -0.2) is 23.8 Å². The summed E-state index contributed by atoms with van der Waals surface area (Å²) in [7, 11) is 3.15. The zero-order valence-electron chi connectivity index (χ0n) is 18.8. The first kappa shape index (κ1) is 21.5. The minimum absolute atomic E-state index is 0.00954. The lowest BCUT2D eigenvalue weighted by molar-refractivity contribution is 0.414. The van der Waals surface area contributed by atoms with Gasteiger partial charge in [-0.05, 0) is 36.2 Å². The van der Waals surface area contributed by atoms with Crippen molar-refractivity contribution in [2.24, 2.45) is 0 Å². The molecule has 0 aliphatic rings. The molecule has 0 aliphatic heterocycles. The first-order chi connectivity index (χ1) is 16.6. The Morgan fingerprint density at radius 1 is 0.882 bits per heavy atom. The molecule has 0 saturated carbocycles. The normalized spacial score (nSPS) is 11.1. The highest BCUT2D eigenvalue weighted by atomic mass is 16.5. The van der Waals surface area contributed by atoms with E-state index >= 15 is 0 Å². The van der Waals surface area contributed by atoms with E-state index in [0.29, 0.717) is 35.5 Å². The molecule has 0 fully saturated rings. The maximum atomic E-state index is 13.7. The third-order valence-corrected chi connectivity index (χ3v) is 5.82. The van der Waals surface area contributed by atoms with Crippen molar-refractivity contribution in [3.63, 3.8) is 0 Å². The minimum atomic E-state index is -0.427. The number of hydrogen-bond donors (Lipinski definition) is 0. The average Bonchev–Trinajstić information content (AvgIpc) is 2.88. The molecule has 2 aromatic heterocycles. The molecule has 0 atom stereocenters. The Labute approximate surface area is 194 Å². The topological polar surface area (TPSA) is 83.6 Å². The lowest BCUT2D eigenvalue weighted by Crippen LogP contribution is -2.28. The number of aryl methyl sites for hydroxylation is 1. The number of aromatic nitrogens is 2. The van der Waals surface area contributed by atoms with Crippen LogP contribution < -0.4 is 20.5 Å². The maximum absolute atomic E-state index is 13.7. The Balaban J connectivity index is 1.70. The fourth-order valence-electron chi connectivity index (χ4n) is 3.99. The van der Waals surface area contributed by atoms with E-state index in [2.05, 4.69) is 4.98 Å². The zero-order valence-corrected chi connectivity index (χ0v) is 18.8. The van der Waals surface area contributed by atoms with Gasteiger partial charge in [-0.3, -0.25) is 14.2 Å². The van der Waals surface area contributed by atoms with Crippen LogP contribution >= 0.6 is 0 Å². The van der Waals surface area contributed by atoms with Crippen LogP contribution in [0.3, 0.4) is 0 Å². The van der Waals surface area contributed by atoms with Crippen molar-refractivity contribution in [2.75, 3.05) is 14.2 Å². The molecule has 7 heteroatoms. The molecule has 5 aromatic rings. The van der Waals surface area contributed by atoms with Crippen molar-refractivity contribution in [1.29, 1.82) is 0 Å². The number of benzene rings is 3. The van der Waals surface area contributed by atoms with Crippen LogP contribution in [-0.2, 0) is 13.0 Å². The highest BCUT2D eigenvalue weighted by Crippen LogP contribution is 2.24. The van der Waals surface area contributed by atoms with E-state index in [-0.39, 0.29) is 11.1 Å². The summed E-state index contributed by atoms with van der Waals surface area (Å²) in [6, 6.07) is 21.9. The lowest BCUT2D eigenvalue weighted by atomic mass is 10.1. The van der Waals surface area contributed by atoms with Gasteiger partial charge in [-0.1, -0.05) is 42.5 Å². The molecule has 0 unspecified atom stereocenters. The van der Waals surface area contributed by atoms with Gasteiger partial charge in [0.25, 0.3) is 5.56 Å². The SMILES string of the molecule is COc1ccc(CCn2c(-c3ccccc3)nc3oc4cc(OC)ccc4c(=O)c3c2=O)cc1. The zero-order chi connectivity index (χ0) is 23.7. The summed E-state index contributed by atoms with van der Waals surface area (Å²) in [4.78, 5) is 31.6. The van der Waals surface area contributed by atoms with E-state index in [1.807, 2.05) is 54.6 Å². The Morgan fingerprint density at radius 2 is 1.59 bits per heavy atom. The molecule has 5 rings (SSSR count). The van der Waals surface area contributed by atoms with Gasteiger partial charge in [-0.25, -0.2) is 0 Å². The molecule has 7 nitrogen and oxygen atoms in total. The predicted octanol–water partition coefficient (Wildman–Crippen LogP) is 4.43. The second-order valence-corrected chi connectivity index (χ2v) is 7.83. The molecule has 0 bridgehead atoms. The molecule has 0 N–H and O–H groups in total. The summed E-state index contributed by atoms with van der Waals surface area (Å²) in [5, 5.41) is 0.244. The minimum Gasteiger partial charge on any atom is -0.497 e. The van der Waals surface area contributed by atoms with E-state index in [1.165, 1.54) is 7.11 Å². The van der Waals surface area contributed by atoms with Crippen molar-refractivity contribution in [2.45, 2.75) is 13.0 Å². The monoisotopic (exact) mass is 454 g/mol. The van der Waals surface area contributed by atoms with Gasteiger partial charge < -0.3 is 13.9 Å². The summed E-state index contributed by atoms with van der Waals surface area (Å²) in [5.41, 5.74) is 1.28. The summed E-state index contributed by atoms with van der Waals surface area (Å²) < 4.78 is 18.0. The predicted molar refractivity (Wildman–Crippen MR) is 131 cm³/mol. The van der Waals surface area contributed by atoms with Gasteiger partial charge in [0, 0.05) is 18.2 Å². The smallest absolute Gasteiger partial charge is 0.269 e. The van der Waals surface area contributed by atoms with E-state index in [9.17, 15) is 9.59 Å². The Hall–Kier alpha value is -4.39. The van der Waals surface area contributed by atoms with E-state index in [4.69, 9.17) is 13.9 Å². The van der Waals surface area contributed by atoms with Gasteiger partial charge in [0.1, 0.15) is 22.9 Å². The largest absolute Gasteiger partial charge is 0.497 e. The van der Waals surface area contributed by atoms with Crippen molar-refractivity contribution >= 4 is 22.1 Å².